The molecule has 0 amide bonds. The highest BCUT2D eigenvalue weighted by Crippen LogP contribution is 2.43. The van der Waals surface area contributed by atoms with Crippen molar-refractivity contribution in [2.24, 2.45) is 17.8 Å². The summed E-state index contributed by atoms with van der Waals surface area (Å²) in [5.41, 5.74) is 0. The van der Waals surface area contributed by atoms with Crippen molar-refractivity contribution < 1.29 is 5.11 Å². The maximum atomic E-state index is 8.92. The Kier molecular flexibility index (Phi) is 3.50. The van der Waals surface area contributed by atoms with E-state index in [0.29, 0.717) is 6.61 Å². The molecule has 96 valence electrons. The van der Waals surface area contributed by atoms with Crippen LogP contribution in [0.5, 0.6) is 0 Å². The van der Waals surface area contributed by atoms with Gasteiger partial charge in [-0.3, -0.25) is 4.90 Å². The van der Waals surface area contributed by atoms with Gasteiger partial charge in [-0.2, -0.15) is 0 Å². The Balaban J connectivity index is 1.44. The van der Waals surface area contributed by atoms with E-state index in [9.17, 15) is 0 Å². The van der Waals surface area contributed by atoms with Crippen molar-refractivity contribution in [3.63, 3.8) is 0 Å². The highest BCUT2D eigenvalue weighted by molar-refractivity contribution is 5.10. The monoisotopic (exact) mass is 236 g/mol. The highest BCUT2D eigenvalue weighted by atomic mass is 16.3. The number of piperazine rings is 1. The summed E-state index contributed by atoms with van der Waals surface area (Å²) in [4.78, 5) is 5.00. The minimum Gasteiger partial charge on any atom is -0.395 e. The van der Waals surface area contributed by atoms with Gasteiger partial charge in [-0.25, -0.2) is 0 Å². The lowest BCUT2D eigenvalue weighted by Crippen LogP contribution is -2.48. The Bertz CT molecular complexity index is 284. The smallest absolute Gasteiger partial charge is 0.0558 e. The van der Waals surface area contributed by atoms with E-state index in [1.807, 2.05) is 0 Å². The quantitative estimate of drug-likeness (QED) is 0.732. The zero-order valence-corrected chi connectivity index (χ0v) is 10.6. The molecule has 0 spiro atoms. The molecular weight excluding hydrogens is 212 g/mol. The van der Waals surface area contributed by atoms with Crippen LogP contribution in [-0.4, -0.2) is 60.8 Å². The van der Waals surface area contributed by atoms with Gasteiger partial charge in [0, 0.05) is 39.3 Å². The second-order valence-corrected chi connectivity index (χ2v) is 5.91. The van der Waals surface area contributed by atoms with Crippen LogP contribution in [0.2, 0.25) is 0 Å². The lowest BCUT2D eigenvalue weighted by Gasteiger charge is -2.36. The van der Waals surface area contributed by atoms with E-state index in [1.54, 1.807) is 0 Å². The molecular formula is C14H24N2O. The van der Waals surface area contributed by atoms with Crippen LogP contribution in [-0.2, 0) is 0 Å². The molecule has 3 nitrogen and oxygen atoms in total. The molecule has 3 heteroatoms. The van der Waals surface area contributed by atoms with Crippen LogP contribution in [0.3, 0.4) is 0 Å². The standard InChI is InChI=1S/C14H24N2O/c17-8-7-15-3-5-16(6-4-15)11-14-10-12-1-2-13(14)9-12/h1-2,12-14,17H,3-11H2/t12-,13-,14+/m1/s1. The van der Waals surface area contributed by atoms with Crippen molar-refractivity contribution in [2.75, 3.05) is 45.9 Å². The first-order valence-electron chi connectivity index (χ1n) is 7.09. The van der Waals surface area contributed by atoms with Gasteiger partial charge >= 0.3 is 0 Å². The van der Waals surface area contributed by atoms with Gasteiger partial charge in [-0.05, 0) is 30.6 Å². The average Bonchev–Trinajstić information content (AvgIpc) is 2.94. The molecule has 3 atom stereocenters. The van der Waals surface area contributed by atoms with Gasteiger partial charge < -0.3 is 10.0 Å². The van der Waals surface area contributed by atoms with E-state index in [0.717, 1.165) is 37.4 Å². The molecule has 1 aliphatic heterocycles. The van der Waals surface area contributed by atoms with E-state index < -0.39 is 0 Å². The number of hydrogen-bond donors (Lipinski definition) is 1. The number of fused-ring (bicyclic) bond motifs is 2. The molecule has 0 aromatic carbocycles. The Morgan fingerprint density at radius 2 is 1.76 bits per heavy atom. The number of hydrogen-bond acceptors (Lipinski definition) is 3. The van der Waals surface area contributed by atoms with E-state index >= 15 is 0 Å². The van der Waals surface area contributed by atoms with Crippen molar-refractivity contribution >= 4 is 0 Å². The van der Waals surface area contributed by atoms with Crippen molar-refractivity contribution in [2.45, 2.75) is 12.8 Å². The fraction of sp³-hybridized carbons (Fsp3) is 0.857. The molecule has 3 rings (SSSR count). The summed E-state index contributed by atoms with van der Waals surface area (Å²) in [6.45, 7) is 7.12. The number of rotatable bonds is 4. The lowest BCUT2D eigenvalue weighted by molar-refractivity contribution is 0.0980. The van der Waals surface area contributed by atoms with Gasteiger partial charge in [0.05, 0.1) is 6.61 Å². The normalized spacial score (nSPS) is 38.1. The second kappa shape index (κ2) is 5.09. The number of allylic oxidation sites excluding steroid dienone is 2. The maximum absolute atomic E-state index is 8.92. The molecule has 0 unspecified atom stereocenters. The first kappa shape index (κ1) is 11.7. The van der Waals surface area contributed by atoms with Crippen molar-refractivity contribution in [3.8, 4) is 0 Å². The minimum atomic E-state index is 0.303. The van der Waals surface area contributed by atoms with E-state index in [1.165, 1.54) is 32.5 Å². The summed E-state index contributed by atoms with van der Waals surface area (Å²) < 4.78 is 0. The number of aliphatic hydroxyl groups excluding tert-OH is 1. The molecule has 17 heavy (non-hydrogen) atoms. The molecule has 2 aliphatic carbocycles. The molecule has 2 fully saturated rings. The summed E-state index contributed by atoms with van der Waals surface area (Å²) in [5.74, 6) is 2.71. The molecule has 1 N–H and O–H groups in total. The van der Waals surface area contributed by atoms with Crippen LogP contribution in [0.25, 0.3) is 0 Å². The van der Waals surface area contributed by atoms with Gasteiger partial charge in [-0.15, -0.1) is 0 Å². The Labute approximate surface area is 104 Å². The van der Waals surface area contributed by atoms with Crippen molar-refractivity contribution in [3.05, 3.63) is 12.2 Å². The zero-order valence-electron chi connectivity index (χ0n) is 10.6. The molecule has 0 aromatic rings. The van der Waals surface area contributed by atoms with Gasteiger partial charge in [0.15, 0.2) is 0 Å². The van der Waals surface area contributed by atoms with E-state index in [4.69, 9.17) is 5.11 Å². The van der Waals surface area contributed by atoms with E-state index in [-0.39, 0.29) is 0 Å². The van der Waals surface area contributed by atoms with Crippen LogP contribution in [0.4, 0.5) is 0 Å². The Hall–Kier alpha value is -0.380. The van der Waals surface area contributed by atoms with Crippen molar-refractivity contribution in [1.82, 2.24) is 9.80 Å². The molecule has 2 bridgehead atoms. The Morgan fingerprint density at radius 1 is 1.00 bits per heavy atom. The van der Waals surface area contributed by atoms with Crippen LogP contribution in [0, 0.1) is 17.8 Å². The van der Waals surface area contributed by atoms with Crippen molar-refractivity contribution in [1.29, 1.82) is 0 Å². The second-order valence-electron chi connectivity index (χ2n) is 5.91. The largest absolute Gasteiger partial charge is 0.395 e. The average molecular weight is 236 g/mol. The van der Waals surface area contributed by atoms with Crippen LogP contribution < -0.4 is 0 Å². The summed E-state index contributed by atoms with van der Waals surface area (Å²) in [7, 11) is 0. The van der Waals surface area contributed by atoms with Gasteiger partial charge in [-0.1, -0.05) is 12.2 Å². The molecule has 0 aromatic heterocycles. The fourth-order valence-electron chi connectivity index (χ4n) is 3.77. The van der Waals surface area contributed by atoms with Crippen LogP contribution in [0.1, 0.15) is 12.8 Å². The molecule has 3 aliphatic rings. The summed E-state index contributed by atoms with van der Waals surface area (Å²) in [5, 5.41) is 8.92. The summed E-state index contributed by atoms with van der Waals surface area (Å²) >= 11 is 0. The lowest BCUT2D eigenvalue weighted by atomic mass is 9.93. The number of β-amino-alcohol motifs (C(OH)–C–C–N with tert-alkyl or cyclic N) is 1. The van der Waals surface area contributed by atoms with E-state index in [2.05, 4.69) is 22.0 Å². The predicted molar refractivity (Wildman–Crippen MR) is 68.8 cm³/mol. The minimum absolute atomic E-state index is 0.303. The molecule has 0 radical (unpaired) electrons. The predicted octanol–water partition coefficient (Wildman–Crippen LogP) is 0.808. The highest BCUT2D eigenvalue weighted by Gasteiger charge is 2.36. The first-order chi connectivity index (χ1) is 8.35. The Morgan fingerprint density at radius 3 is 2.35 bits per heavy atom. The van der Waals surface area contributed by atoms with Crippen LogP contribution >= 0.6 is 0 Å². The van der Waals surface area contributed by atoms with Gasteiger partial charge in [0.2, 0.25) is 0 Å². The van der Waals surface area contributed by atoms with Crippen LogP contribution in [0.15, 0.2) is 12.2 Å². The molecule has 1 saturated heterocycles. The third kappa shape index (κ3) is 2.56. The fourth-order valence-corrected chi connectivity index (χ4v) is 3.77. The third-order valence-electron chi connectivity index (χ3n) is 4.79. The number of aliphatic hydroxyl groups is 1. The third-order valence-corrected chi connectivity index (χ3v) is 4.79. The summed E-state index contributed by atoms with van der Waals surface area (Å²) in [6, 6.07) is 0. The molecule has 1 saturated carbocycles. The maximum Gasteiger partial charge on any atom is 0.0558 e. The first-order valence-corrected chi connectivity index (χ1v) is 7.09. The SMILES string of the molecule is OCCN1CCN(C[C@@H]2C[C@@H]3C=C[C@@H]2C3)CC1. The summed E-state index contributed by atoms with van der Waals surface area (Å²) in [6.07, 6.45) is 7.74. The molecule has 1 heterocycles. The number of nitrogens with zero attached hydrogens (tertiary/aromatic N) is 2. The van der Waals surface area contributed by atoms with Gasteiger partial charge in [0.25, 0.3) is 0 Å². The van der Waals surface area contributed by atoms with Gasteiger partial charge in [0.1, 0.15) is 0 Å². The zero-order chi connectivity index (χ0) is 11.7. The topological polar surface area (TPSA) is 26.7 Å².